The van der Waals surface area contributed by atoms with Gasteiger partial charge in [0.1, 0.15) is 12.4 Å². The summed E-state index contributed by atoms with van der Waals surface area (Å²) in [6.45, 7) is 8.45. The summed E-state index contributed by atoms with van der Waals surface area (Å²) >= 11 is 0. The Kier molecular flexibility index (Phi) is 6.28. The smallest absolute Gasteiger partial charge is 0.123 e. The monoisotopic (exact) mass is 319 g/mol. The zero-order valence-electron chi connectivity index (χ0n) is 14.0. The number of nitrogens with two attached hydrogens (primary N) is 1. The lowest BCUT2D eigenvalue weighted by Gasteiger charge is -2.31. The van der Waals surface area contributed by atoms with Gasteiger partial charge < -0.3 is 15.2 Å². The molecule has 2 heterocycles. The van der Waals surface area contributed by atoms with Gasteiger partial charge in [0.25, 0.3) is 0 Å². The number of benzene rings is 1. The summed E-state index contributed by atoms with van der Waals surface area (Å²) in [6.07, 6.45) is 2.34. The second-order valence-electron chi connectivity index (χ2n) is 6.55. The molecule has 1 unspecified atom stereocenters. The number of para-hydroxylation sites is 1. The van der Waals surface area contributed by atoms with E-state index in [4.69, 9.17) is 15.2 Å². The Morgan fingerprint density at radius 3 is 2.78 bits per heavy atom. The van der Waals surface area contributed by atoms with Gasteiger partial charge in [-0.15, -0.1) is 0 Å². The Hall–Kier alpha value is -1.14. The third kappa shape index (κ3) is 5.18. The number of hydrogen-bond acceptors (Lipinski definition) is 5. The van der Waals surface area contributed by atoms with Crippen molar-refractivity contribution < 1.29 is 9.47 Å². The summed E-state index contributed by atoms with van der Waals surface area (Å²) in [7, 11) is 0. The van der Waals surface area contributed by atoms with E-state index in [0.717, 1.165) is 71.3 Å². The van der Waals surface area contributed by atoms with Gasteiger partial charge in [-0.25, -0.2) is 0 Å². The fraction of sp³-hybridized carbons (Fsp3) is 0.667. The van der Waals surface area contributed by atoms with Gasteiger partial charge >= 0.3 is 0 Å². The van der Waals surface area contributed by atoms with Crippen LogP contribution < -0.4 is 10.5 Å². The van der Waals surface area contributed by atoms with Gasteiger partial charge in [0, 0.05) is 44.3 Å². The summed E-state index contributed by atoms with van der Waals surface area (Å²) in [5.41, 5.74) is 7.36. The van der Waals surface area contributed by atoms with Gasteiger partial charge in [-0.05, 0) is 25.5 Å². The van der Waals surface area contributed by atoms with Gasteiger partial charge in [-0.3, -0.25) is 9.80 Å². The number of ether oxygens (including phenoxy) is 2. The lowest BCUT2D eigenvalue weighted by atomic mass is 10.1. The molecule has 5 heteroatoms. The van der Waals surface area contributed by atoms with E-state index in [1.165, 1.54) is 12.0 Å². The summed E-state index contributed by atoms with van der Waals surface area (Å²) in [4.78, 5) is 4.84. The molecule has 23 heavy (non-hydrogen) atoms. The van der Waals surface area contributed by atoms with E-state index < -0.39 is 0 Å². The molecular formula is C18H29N3O2. The largest absolute Gasteiger partial charge is 0.492 e. The van der Waals surface area contributed by atoms with Crippen LogP contribution in [0.25, 0.3) is 0 Å². The average molecular weight is 319 g/mol. The molecule has 1 aromatic rings. The predicted octanol–water partition coefficient (Wildman–Crippen LogP) is 1.32. The first-order valence-corrected chi connectivity index (χ1v) is 8.80. The molecule has 0 spiro atoms. The van der Waals surface area contributed by atoms with E-state index in [1.807, 2.05) is 0 Å². The molecule has 2 N–H and O–H groups in total. The maximum atomic E-state index is 6.09. The number of rotatable bonds is 6. The molecule has 0 radical (unpaired) electrons. The first-order chi connectivity index (χ1) is 11.3. The van der Waals surface area contributed by atoms with Crippen LogP contribution in [0.4, 0.5) is 0 Å². The molecule has 128 valence electrons. The minimum Gasteiger partial charge on any atom is -0.492 e. The van der Waals surface area contributed by atoms with E-state index in [-0.39, 0.29) is 0 Å². The molecule has 0 aliphatic carbocycles. The molecule has 0 bridgehead atoms. The highest BCUT2D eigenvalue weighted by molar-refractivity contribution is 5.33. The Morgan fingerprint density at radius 2 is 1.96 bits per heavy atom. The van der Waals surface area contributed by atoms with Gasteiger partial charge in [0.15, 0.2) is 0 Å². The predicted molar refractivity (Wildman–Crippen MR) is 91.7 cm³/mol. The van der Waals surface area contributed by atoms with E-state index in [1.54, 1.807) is 0 Å². The van der Waals surface area contributed by atoms with Crippen LogP contribution in [-0.2, 0) is 11.3 Å². The highest BCUT2D eigenvalue weighted by atomic mass is 16.5. The topological polar surface area (TPSA) is 51.0 Å². The number of likely N-dealkylation sites (tertiary alicyclic amines) is 1. The van der Waals surface area contributed by atoms with Crippen LogP contribution in [0.3, 0.4) is 0 Å². The molecule has 0 amide bonds. The third-order valence-electron chi connectivity index (χ3n) is 4.68. The third-order valence-corrected chi connectivity index (χ3v) is 4.68. The second kappa shape index (κ2) is 8.64. The fourth-order valence-corrected chi connectivity index (χ4v) is 3.36. The van der Waals surface area contributed by atoms with Gasteiger partial charge in [0.05, 0.1) is 13.2 Å². The summed E-state index contributed by atoms with van der Waals surface area (Å²) in [5, 5.41) is 0. The normalized spacial score (nSPS) is 23.8. The zero-order valence-corrected chi connectivity index (χ0v) is 14.0. The number of nitrogens with zero attached hydrogens (tertiary/aromatic N) is 2. The highest BCUT2D eigenvalue weighted by Crippen LogP contribution is 2.21. The molecule has 2 fully saturated rings. The van der Waals surface area contributed by atoms with Crippen molar-refractivity contribution in [3.05, 3.63) is 29.8 Å². The molecule has 5 nitrogen and oxygen atoms in total. The Labute approximate surface area is 139 Å². The molecule has 1 aromatic carbocycles. The fourth-order valence-electron chi connectivity index (χ4n) is 3.36. The van der Waals surface area contributed by atoms with Gasteiger partial charge in [-0.1, -0.05) is 18.2 Å². The maximum Gasteiger partial charge on any atom is 0.123 e. The minimum atomic E-state index is 0.318. The number of piperidine rings is 1. The molecule has 3 rings (SSSR count). The SMILES string of the molecule is NC1CCCN(Cc2ccccc2OCCN2CCOCC2)C1. The van der Waals surface area contributed by atoms with Crippen LogP contribution in [0.2, 0.25) is 0 Å². The minimum absolute atomic E-state index is 0.318. The van der Waals surface area contributed by atoms with Crippen LogP contribution in [0.5, 0.6) is 5.75 Å². The van der Waals surface area contributed by atoms with Crippen LogP contribution in [-0.4, -0.2) is 68.4 Å². The molecule has 2 saturated heterocycles. The molecule has 1 atom stereocenters. The first-order valence-electron chi connectivity index (χ1n) is 8.80. The van der Waals surface area contributed by atoms with Crippen LogP contribution in [0, 0.1) is 0 Å². The summed E-state index contributed by atoms with van der Waals surface area (Å²) in [5.74, 6) is 1.01. The van der Waals surface area contributed by atoms with E-state index in [2.05, 4.69) is 34.1 Å². The molecule has 0 saturated carbocycles. The van der Waals surface area contributed by atoms with E-state index in [9.17, 15) is 0 Å². The Balaban J connectivity index is 1.50. The number of morpholine rings is 1. The van der Waals surface area contributed by atoms with Crippen molar-refractivity contribution in [2.24, 2.45) is 5.73 Å². The molecule has 2 aliphatic heterocycles. The van der Waals surface area contributed by atoms with Crippen molar-refractivity contribution in [2.45, 2.75) is 25.4 Å². The molecule has 2 aliphatic rings. The van der Waals surface area contributed by atoms with Crippen molar-refractivity contribution in [1.82, 2.24) is 9.80 Å². The molecular weight excluding hydrogens is 290 g/mol. The molecule has 0 aromatic heterocycles. The highest BCUT2D eigenvalue weighted by Gasteiger charge is 2.18. The average Bonchev–Trinajstić information content (AvgIpc) is 2.57. The van der Waals surface area contributed by atoms with Crippen molar-refractivity contribution in [3.8, 4) is 5.75 Å². The van der Waals surface area contributed by atoms with Crippen LogP contribution >= 0.6 is 0 Å². The van der Waals surface area contributed by atoms with Crippen LogP contribution in [0.1, 0.15) is 18.4 Å². The van der Waals surface area contributed by atoms with Crippen molar-refractivity contribution in [2.75, 3.05) is 52.5 Å². The van der Waals surface area contributed by atoms with Gasteiger partial charge in [0.2, 0.25) is 0 Å². The second-order valence-corrected chi connectivity index (χ2v) is 6.55. The Bertz CT molecular complexity index is 477. The zero-order chi connectivity index (χ0) is 15.9. The maximum absolute atomic E-state index is 6.09. The lowest BCUT2D eigenvalue weighted by molar-refractivity contribution is 0.0321. The quantitative estimate of drug-likeness (QED) is 0.857. The first kappa shape index (κ1) is 16.7. The van der Waals surface area contributed by atoms with E-state index in [0.29, 0.717) is 6.04 Å². The van der Waals surface area contributed by atoms with Crippen molar-refractivity contribution in [3.63, 3.8) is 0 Å². The van der Waals surface area contributed by atoms with Crippen molar-refractivity contribution >= 4 is 0 Å². The summed E-state index contributed by atoms with van der Waals surface area (Å²) < 4.78 is 11.4. The Morgan fingerprint density at radius 1 is 1.13 bits per heavy atom. The van der Waals surface area contributed by atoms with E-state index >= 15 is 0 Å². The standard InChI is InChI=1S/C18H29N3O2/c19-17-5-3-7-21(15-17)14-16-4-1-2-6-18(16)23-13-10-20-8-11-22-12-9-20/h1-2,4,6,17H,3,5,7-15,19H2. The van der Waals surface area contributed by atoms with Crippen LogP contribution in [0.15, 0.2) is 24.3 Å². The lowest BCUT2D eigenvalue weighted by Crippen LogP contribution is -2.42. The van der Waals surface area contributed by atoms with Crippen molar-refractivity contribution in [1.29, 1.82) is 0 Å². The summed E-state index contributed by atoms with van der Waals surface area (Å²) in [6, 6.07) is 8.71. The number of hydrogen-bond donors (Lipinski definition) is 1. The van der Waals surface area contributed by atoms with Gasteiger partial charge in [-0.2, -0.15) is 0 Å².